The third-order valence-electron chi connectivity index (χ3n) is 6.19. The molecule has 36 heavy (non-hydrogen) atoms. The third-order valence-corrected chi connectivity index (χ3v) is 6.19. The summed E-state index contributed by atoms with van der Waals surface area (Å²) in [6.45, 7) is 0.265. The van der Waals surface area contributed by atoms with Gasteiger partial charge in [-0.1, -0.05) is 11.3 Å². The molecule has 0 spiro atoms. The number of amides is 1. The van der Waals surface area contributed by atoms with E-state index in [1.54, 1.807) is 15.3 Å². The number of fused-ring (bicyclic) bond motifs is 1. The Kier molecular flexibility index (Phi) is 5.40. The lowest BCUT2D eigenvalue weighted by molar-refractivity contribution is 0.0945. The van der Waals surface area contributed by atoms with Crippen molar-refractivity contribution >= 4 is 11.6 Å². The summed E-state index contributed by atoms with van der Waals surface area (Å²) >= 11 is 0. The van der Waals surface area contributed by atoms with Crippen molar-refractivity contribution in [3.05, 3.63) is 83.8 Å². The van der Waals surface area contributed by atoms with Gasteiger partial charge < -0.3 is 14.5 Å². The lowest BCUT2D eigenvalue weighted by Crippen LogP contribution is -2.24. The van der Waals surface area contributed by atoms with Crippen LogP contribution in [0.15, 0.2) is 55.5 Å². The second kappa shape index (κ2) is 8.87. The lowest BCUT2D eigenvalue weighted by atomic mass is 10.1. The van der Waals surface area contributed by atoms with Crippen molar-refractivity contribution in [3.63, 3.8) is 0 Å². The van der Waals surface area contributed by atoms with E-state index >= 15 is 4.39 Å². The molecule has 1 aliphatic carbocycles. The number of hydrogen-bond acceptors (Lipinski definition) is 7. The second-order valence-corrected chi connectivity index (χ2v) is 8.67. The average Bonchev–Trinajstić information content (AvgIpc) is 3.24. The molecule has 0 aliphatic heterocycles. The number of methoxy groups -OCH3 is 1. The van der Waals surface area contributed by atoms with Gasteiger partial charge in [-0.25, -0.2) is 14.1 Å². The number of pyridine rings is 1. The minimum atomic E-state index is -0.579. The van der Waals surface area contributed by atoms with E-state index < -0.39 is 11.7 Å². The van der Waals surface area contributed by atoms with E-state index in [4.69, 9.17) is 4.74 Å². The summed E-state index contributed by atoms with van der Waals surface area (Å²) in [7, 11) is 1.38. The van der Waals surface area contributed by atoms with Crippen LogP contribution in [0.2, 0.25) is 0 Å². The number of imidazole rings is 1. The molecule has 1 fully saturated rings. The Morgan fingerprint density at radius 2 is 1.97 bits per heavy atom. The van der Waals surface area contributed by atoms with E-state index in [0.29, 0.717) is 18.2 Å². The summed E-state index contributed by atoms with van der Waals surface area (Å²) in [6.07, 6.45) is 11.0. The molecule has 11 nitrogen and oxygen atoms in total. The normalized spacial score (nSPS) is 13.3. The van der Waals surface area contributed by atoms with Gasteiger partial charge in [0.05, 0.1) is 31.2 Å². The van der Waals surface area contributed by atoms with Crippen LogP contribution in [0.25, 0.3) is 11.3 Å². The van der Waals surface area contributed by atoms with Crippen molar-refractivity contribution < 1.29 is 13.9 Å². The highest BCUT2D eigenvalue weighted by atomic mass is 19.1. The monoisotopic (exact) mass is 487 g/mol. The largest absolute Gasteiger partial charge is 0.494 e. The fourth-order valence-electron chi connectivity index (χ4n) is 4.18. The first-order valence-corrected chi connectivity index (χ1v) is 11.5. The predicted molar refractivity (Wildman–Crippen MR) is 125 cm³/mol. The number of halogens is 1. The summed E-state index contributed by atoms with van der Waals surface area (Å²) < 4.78 is 25.2. The third kappa shape index (κ3) is 4.17. The molecule has 1 saturated carbocycles. The van der Waals surface area contributed by atoms with Gasteiger partial charge in [-0.3, -0.25) is 9.36 Å². The van der Waals surface area contributed by atoms with Crippen LogP contribution < -0.4 is 10.1 Å². The van der Waals surface area contributed by atoms with Crippen LogP contribution in [0.1, 0.15) is 46.1 Å². The molecule has 0 radical (unpaired) electrons. The number of ether oxygens (including phenoxy) is 1. The van der Waals surface area contributed by atoms with Crippen molar-refractivity contribution in [1.82, 2.24) is 44.5 Å². The Bertz CT molecular complexity index is 1550. The van der Waals surface area contributed by atoms with Crippen LogP contribution in [0.5, 0.6) is 5.75 Å². The van der Waals surface area contributed by atoms with E-state index in [0.717, 1.165) is 11.3 Å². The molecular weight excluding hydrogens is 465 g/mol. The molecule has 0 atom stereocenters. The van der Waals surface area contributed by atoms with Crippen molar-refractivity contribution in [2.24, 2.45) is 0 Å². The van der Waals surface area contributed by atoms with Gasteiger partial charge in [-0.2, -0.15) is 0 Å². The molecule has 4 heterocycles. The van der Waals surface area contributed by atoms with E-state index in [-0.39, 0.29) is 23.6 Å². The van der Waals surface area contributed by atoms with Crippen LogP contribution in [0, 0.1) is 5.82 Å². The lowest BCUT2D eigenvalue weighted by Gasteiger charge is -2.14. The van der Waals surface area contributed by atoms with Gasteiger partial charge in [0.15, 0.2) is 17.3 Å². The Hall–Kier alpha value is -4.61. The number of carbonyl (C=O) groups excluding carboxylic acids is 1. The highest BCUT2D eigenvalue weighted by Crippen LogP contribution is 2.39. The van der Waals surface area contributed by atoms with E-state index in [1.165, 1.54) is 50.4 Å². The van der Waals surface area contributed by atoms with Crippen LogP contribution in [0.4, 0.5) is 4.39 Å². The van der Waals surface area contributed by atoms with Crippen LogP contribution in [-0.4, -0.2) is 52.2 Å². The van der Waals surface area contributed by atoms with Gasteiger partial charge in [0.25, 0.3) is 5.91 Å². The van der Waals surface area contributed by atoms with Crippen LogP contribution in [0.3, 0.4) is 0 Å². The smallest absolute Gasteiger partial charge is 0.273 e. The fourth-order valence-corrected chi connectivity index (χ4v) is 4.18. The Labute approximate surface area is 204 Å². The molecule has 0 bridgehead atoms. The second-order valence-electron chi connectivity index (χ2n) is 8.67. The van der Waals surface area contributed by atoms with Gasteiger partial charge in [-0.05, 0) is 42.5 Å². The number of nitrogens with zero attached hydrogens (tertiary/aromatic N) is 8. The number of carbonyl (C=O) groups is 1. The quantitative estimate of drug-likeness (QED) is 0.357. The molecule has 0 saturated heterocycles. The Morgan fingerprint density at radius 3 is 2.75 bits per heavy atom. The number of benzene rings is 1. The molecule has 12 heteroatoms. The van der Waals surface area contributed by atoms with Gasteiger partial charge in [0.1, 0.15) is 18.3 Å². The van der Waals surface area contributed by atoms with Gasteiger partial charge in [-0.15, -0.1) is 15.3 Å². The maximum absolute atomic E-state index is 15.0. The number of aromatic nitrogens is 8. The molecule has 1 aliphatic rings. The summed E-state index contributed by atoms with van der Waals surface area (Å²) in [5.41, 5.74) is 3.81. The zero-order valence-corrected chi connectivity index (χ0v) is 19.4. The van der Waals surface area contributed by atoms with Crippen molar-refractivity contribution in [2.75, 3.05) is 7.11 Å². The van der Waals surface area contributed by atoms with E-state index in [2.05, 4.69) is 43.1 Å². The minimum Gasteiger partial charge on any atom is -0.494 e. The molecule has 0 unspecified atom stereocenters. The molecule has 6 rings (SSSR count). The fraction of sp³-hybridized carbons (Fsp3) is 0.250. The molecule has 5 aromatic rings. The van der Waals surface area contributed by atoms with Crippen LogP contribution in [-0.2, 0) is 13.1 Å². The highest BCUT2D eigenvalue weighted by molar-refractivity contribution is 5.91. The maximum Gasteiger partial charge on any atom is 0.273 e. The molecule has 4 aromatic heterocycles. The molecule has 1 aromatic carbocycles. The summed E-state index contributed by atoms with van der Waals surface area (Å²) in [5, 5.41) is 18.3. The molecule has 182 valence electrons. The standard InChI is InChI=1S/C24H22FN9O2/c1-36-21-6-5-20(33-13-27-28-14-33)18(23(21)25)8-26-24(35)19-12-34(31-30-19)11-17-10-32-9-16(15-2-3-15)4-7-22(32)29-17/h4-7,9-10,12-15H,2-3,8,11H2,1H3,(H,26,35). The van der Waals surface area contributed by atoms with E-state index in [9.17, 15) is 4.79 Å². The average molecular weight is 487 g/mol. The number of rotatable bonds is 8. The molecular formula is C24H22FN9O2. The van der Waals surface area contributed by atoms with Crippen molar-refractivity contribution in [2.45, 2.75) is 31.8 Å². The summed E-state index contributed by atoms with van der Waals surface area (Å²) in [6, 6.07) is 7.32. The maximum atomic E-state index is 15.0. The predicted octanol–water partition coefficient (Wildman–Crippen LogP) is 2.51. The first kappa shape index (κ1) is 21.9. The highest BCUT2D eigenvalue weighted by Gasteiger charge is 2.24. The first-order chi connectivity index (χ1) is 17.6. The van der Waals surface area contributed by atoms with Gasteiger partial charge in [0, 0.05) is 24.5 Å². The van der Waals surface area contributed by atoms with Crippen LogP contribution >= 0.6 is 0 Å². The number of nitrogens with one attached hydrogen (secondary N) is 1. The molecule has 1 amide bonds. The number of hydrogen-bond donors (Lipinski definition) is 1. The summed E-state index contributed by atoms with van der Waals surface area (Å²) in [4.78, 5) is 17.4. The van der Waals surface area contributed by atoms with Gasteiger partial charge in [0.2, 0.25) is 0 Å². The summed E-state index contributed by atoms with van der Waals surface area (Å²) in [5.74, 6) is -0.333. The Balaban J connectivity index is 1.16. The first-order valence-electron chi connectivity index (χ1n) is 11.5. The van der Waals surface area contributed by atoms with E-state index in [1.807, 2.05) is 16.7 Å². The minimum absolute atomic E-state index is 0.0683. The topological polar surface area (TPSA) is 117 Å². The Morgan fingerprint density at radius 1 is 1.14 bits per heavy atom. The van der Waals surface area contributed by atoms with Crippen molar-refractivity contribution in [1.29, 1.82) is 0 Å². The molecule has 1 N–H and O–H groups in total. The zero-order chi connectivity index (χ0) is 24.6. The van der Waals surface area contributed by atoms with Crippen molar-refractivity contribution in [3.8, 4) is 11.4 Å². The SMILES string of the molecule is COc1ccc(-n2cnnc2)c(CNC(=O)c2cn(Cc3cn4cc(C5CC5)ccc4n3)nn2)c1F. The zero-order valence-electron chi connectivity index (χ0n) is 19.4. The van der Waals surface area contributed by atoms with Gasteiger partial charge >= 0.3 is 0 Å².